The molecule has 0 aliphatic carbocycles. The molecule has 0 spiro atoms. The van der Waals surface area contributed by atoms with Gasteiger partial charge in [-0.3, -0.25) is 4.79 Å². The van der Waals surface area contributed by atoms with Gasteiger partial charge in [0, 0.05) is 23.3 Å². The van der Waals surface area contributed by atoms with Gasteiger partial charge in [0.1, 0.15) is 5.15 Å². The first kappa shape index (κ1) is 16.8. The molecule has 2 aromatic rings. The first-order valence-corrected chi connectivity index (χ1v) is 9.01. The maximum Gasteiger partial charge on any atom is 0.294 e. The largest absolute Gasteiger partial charge is 0.320 e. The molecule has 23 heavy (non-hydrogen) atoms. The fourth-order valence-corrected chi connectivity index (χ4v) is 4.00. The molecule has 0 saturated carbocycles. The smallest absolute Gasteiger partial charge is 0.294 e. The molecule has 0 bridgehead atoms. The van der Waals surface area contributed by atoms with Gasteiger partial charge >= 0.3 is 0 Å². The molecule has 1 aromatic carbocycles. The highest BCUT2D eigenvalue weighted by atomic mass is 79.9. The molecule has 0 fully saturated rings. The van der Waals surface area contributed by atoms with Crippen LogP contribution in [0.1, 0.15) is 31.9 Å². The first-order chi connectivity index (χ1) is 10.9. The third kappa shape index (κ3) is 3.02. The summed E-state index contributed by atoms with van der Waals surface area (Å²) >= 11 is 16.0. The Morgan fingerprint density at radius 3 is 2.83 bits per heavy atom. The Kier molecular flexibility index (Phi) is 4.72. The van der Waals surface area contributed by atoms with Crippen molar-refractivity contribution in [3.63, 3.8) is 0 Å². The van der Waals surface area contributed by atoms with E-state index in [1.807, 2.05) is 30.9 Å². The highest BCUT2D eigenvalue weighted by Crippen LogP contribution is 2.40. The van der Waals surface area contributed by atoms with Gasteiger partial charge in [0.05, 0.1) is 10.7 Å². The summed E-state index contributed by atoms with van der Waals surface area (Å²) in [4.78, 5) is 19.0. The Morgan fingerprint density at radius 2 is 2.13 bits per heavy atom. The Hall–Kier alpha value is -1.04. The first-order valence-electron chi connectivity index (χ1n) is 7.46. The van der Waals surface area contributed by atoms with Crippen molar-refractivity contribution in [2.24, 2.45) is 0 Å². The number of nitrogens with zero attached hydrogens (tertiary/aromatic N) is 3. The standard InChI is InChI=1S/C16H16BrCl2N3O/c1-3-9(2)22-8-13(19)20-15(16(22)23)21-5-4-10-6-11(17)7-12(18)14(10)21/h6-9H,3-5H2,1-2H3. The van der Waals surface area contributed by atoms with Crippen LogP contribution >= 0.6 is 39.1 Å². The second-order valence-corrected chi connectivity index (χ2v) is 7.36. The van der Waals surface area contributed by atoms with Crippen molar-refractivity contribution < 1.29 is 0 Å². The summed E-state index contributed by atoms with van der Waals surface area (Å²) in [6.07, 6.45) is 3.25. The highest BCUT2D eigenvalue weighted by molar-refractivity contribution is 9.10. The molecule has 0 saturated heterocycles. The molecular weight excluding hydrogens is 401 g/mol. The summed E-state index contributed by atoms with van der Waals surface area (Å²) in [5.74, 6) is 0.334. The van der Waals surface area contributed by atoms with Crippen molar-refractivity contribution in [3.05, 3.63) is 48.9 Å². The molecule has 0 radical (unpaired) electrons. The van der Waals surface area contributed by atoms with Gasteiger partial charge in [-0.15, -0.1) is 0 Å². The zero-order valence-corrected chi connectivity index (χ0v) is 15.9. The SMILES string of the molecule is CCC(C)n1cc(Cl)nc(N2CCc3cc(Br)cc(Cl)c32)c1=O. The lowest BCUT2D eigenvalue weighted by Crippen LogP contribution is -2.31. The van der Waals surface area contributed by atoms with E-state index in [1.54, 1.807) is 10.8 Å². The Bertz CT molecular complexity index is 822. The summed E-state index contributed by atoms with van der Waals surface area (Å²) < 4.78 is 2.58. The number of benzene rings is 1. The normalized spacial score (nSPS) is 14.9. The van der Waals surface area contributed by atoms with E-state index in [1.165, 1.54) is 0 Å². The number of anilines is 2. The van der Waals surface area contributed by atoms with Crippen LogP contribution in [-0.4, -0.2) is 16.1 Å². The molecule has 4 nitrogen and oxygen atoms in total. The minimum Gasteiger partial charge on any atom is -0.320 e. The molecule has 1 aliphatic rings. The van der Waals surface area contributed by atoms with Gasteiger partial charge in [0.25, 0.3) is 5.56 Å². The molecule has 2 heterocycles. The van der Waals surface area contributed by atoms with Gasteiger partial charge in [0.15, 0.2) is 0 Å². The average Bonchev–Trinajstić information content (AvgIpc) is 2.92. The van der Waals surface area contributed by atoms with Gasteiger partial charge < -0.3 is 9.47 Å². The van der Waals surface area contributed by atoms with Crippen LogP contribution in [0, 0.1) is 0 Å². The van der Waals surface area contributed by atoms with Crippen LogP contribution in [0.3, 0.4) is 0 Å². The van der Waals surface area contributed by atoms with Gasteiger partial charge in [0.2, 0.25) is 5.82 Å². The van der Waals surface area contributed by atoms with E-state index in [9.17, 15) is 4.79 Å². The van der Waals surface area contributed by atoms with E-state index in [2.05, 4.69) is 20.9 Å². The molecule has 122 valence electrons. The molecular formula is C16H16BrCl2N3O. The Balaban J connectivity index is 2.16. The van der Waals surface area contributed by atoms with Crippen molar-refractivity contribution in [2.45, 2.75) is 32.7 Å². The van der Waals surface area contributed by atoms with Crippen molar-refractivity contribution in [3.8, 4) is 0 Å². The number of halogens is 3. The monoisotopic (exact) mass is 415 g/mol. The van der Waals surface area contributed by atoms with E-state index < -0.39 is 0 Å². The van der Waals surface area contributed by atoms with E-state index in [-0.39, 0.29) is 11.6 Å². The second-order valence-electron chi connectivity index (χ2n) is 5.65. The third-order valence-corrected chi connectivity index (χ3v) is 5.12. The number of aromatic nitrogens is 2. The minimum atomic E-state index is -0.143. The fraction of sp³-hybridized carbons (Fsp3) is 0.375. The van der Waals surface area contributed by atoms with Gasteiger partial charge in [-0.1, -0.05) is 46.1 Å². The molecule has 3 rings (SSSR count). The number of hydrogen-bond acceptors (Lipinski definition) is 3. The van der Waals surface area contributed by atoms with Crippen LogP contribution in [-0.2, 0) is 6.42 Å². The summed E-state index contributed by atoms with van der Waals surface area (Å²) in [6.45, 7) is 4.68. The predicted octanol–water partition coefficient (Wildman–Crippen LogP) is 4.98. The van der Waals surface area contributed by atoms with Crippen molar-refractivity contribution in [2.75, 3.05) is 11.4 Å². The van der Waals surface area contributed by atoms with Crippen molar-refractivity contribution in [1.29, 1.82) is 0 Å². The quantitative estimate of drug-likeness (QED) is 0.708. The Morgan fingerprint density at radius 1 is 1.39 bits per heavy atom. The summed E-state index contributed by atoms with van der Waals surface area (Å²) in [5.41, 5.74) is 1.80. The lowest BCUT2D eigenvalue weighted by molar-refractivity contribution is 0.511. The van der Waals surface area contributed by atoms with E-state index in [0.29, 0.717) is 22.5 Å². The van der Waals surface area contributed by atoms with Crippen molar-refractivity contribution in [1.82, 2.24) is 9.55 Å². The van der Waals surface area contributed by atoms with Crippen LogP contribution in [0.2, 0.25) is 10.2 Å². The van der Waals surface area contributed by atoms with Crippen LogP contribution in [0.25, 0.3) is 0 Å². The molecule has 1 atom stereocenters. The topological polar surface area (TPSA) is 38.1 Å². The van der Waals surface area contributed by atoms with Crippen LogP contribution < -0.4 is 10.5 Å². The third-order valence-electron chi connectivity index (χ3n) is 4.19. The lowest BCUT2D eigenvalue weighted by Gasteiger charge is -2.22. The number of rotatable bonds is 3. The minimum absolute atomic E-state index is 0.0595. The second kappa shape index (κ2) is 6.46. The fourth-order valence-electron chi connectivity index (χ4n) is 2.83. The van der Waals surface area contributed by atoms with Crippen LogP contribution in [0.5, 0.6) is 0 Å². The summed E-state index contributed by atoms with van der Waals surface area (Å²) in [5, 5.41) is 0.907. The van der Waals surface area contributed by atoms with E-state index >= 15 is 0 Å². The van der Waals surface area contributed by atoms with Crippen LogP contribution in [0.4, 0.5) is 11.5 Å². The molecule has 1 unspecified atom stereocenters. The van der Waals surface area contributed by atoms with E-state index in [4.69, 9.17) is 23.2 Å². The van der Waals surface area contributed by atoms with Gasteiger partial charge in [-0.05, 0) is 37.5 Å². The average molecular weight is 417 g/mol. The lowest BCUT2D eigenvalue weighted by atomic mass is 10.2. The maximum atomic E-state index is 12.8. The maximum absolute atomic E-state index is 12.8. The van der Waals surface area contributed by atoms with E-state index in [0.717, 1.165) is 28.6 Å². The molecule has 1 aliphatic heterocycles. The zero-order chi connectivity index (χ0) is 16.7. The zero-order valence-electron chi connectivity index (χ0n) is 12.8. The van der Waals surface area contributed by atoms with Crippen LogP contribution in [0.15, 0.2) is 27.6 Å². The molecule has 1 aromatic heterocycles. The van der Waals surface area contributed by atoms with Gasteiger partial charge in [-0.25, -0.2) is 4.98 Å². The molecule has 0 N–H and O–H groups in total. The Labute approximate surface area is 153 Å². The van der Waals surface area contributed by atoms with Gasteiger partial charge in [-0.2, -0.15) is 0 Å². The highest BCUT2D eigenvalue weighted by Gasteiger charge is 2.28. The van der Waals surface area contributed by atoms with Crippen molar-refractivity contribution >= 4 is 50.6 Å². The number of hydrogen-bond donors (Lipinski definition) is 0. The number of fused-ring (bicyclic) bond motifs is 1. The molecule has 0 amide bonds. The summed E-state index contributed by atoms with van der Waals surface area (Å²) in [6, 6.07) is 3.92. The summed E-state index contributed by atoms with van der Waals surface area (Å²) in [7, 11) is 0. The predicted molar refractivity (Wildman–Crippen MR) is 98.4 cm³/mol. The molecule has 7 heteroatoms.